The van der Waals surface area contributed by atoms with Gasteiger partial charge in [-0.05, 0) is 73.6 Å². The molecule has 1 saturated heterocycles. The first-order valence-electron chi connectivity index (χ1n) is 14.2. The Morgan fingerprint density at radius 3 is 2.79 bits per heavy atom. The molecule has 10 heteroatoms. The van der Waals surface area contributed by atoms with E-state index in [9.17, 15) is 4.79 Å². The lowest BCUT2D eigenvalue weighted by molar-refractivity contribution is 0.102. The molecule has 1 aromatic carbocycles. The van der Waals surface area contributed by atoms with Gasteiger partial charge in [0.25, 0.3) is 5.91 Å². The minimum atomic E-state index is -0.585. The van der Waals surface area contributed by atoms with Crippen molar-refractivity contribution in [1.82, 2.24) is 29.2 Å². The van der Waals surface area contributed by atoms with Gasteiger partial charge in [0.1, 0.15) is 34.5 Å². The molecule has 0 bridgehead atoms. The van der Waals surface area contributed by atoms with Crippen molar-refractivity contribution in [3.8, 4) is 34.2 Å². The van der Waals surface area contributed by atoms with Gasteiger partial charge in [-0.15, -0.1) is 5.92 Å². The summed E-state index contributed by atoms with van der Waals surface area (Å²) < 4.78 is 17.7. The number of nitrogens with one attached hydrogen (secondary N) is 1. The Labute approximate surface area is 248 Å². The quantitative estimate of drug-likeness (QED) is 0.263. The van der Waals surface area contributed by atoms with E-state index >= 15 is 4.39 Å². The van der Waals surface area contributed by atoms with Crippen LogP contribution in [0.25, 0.3) is 27.9 Å². The number of aromatic nitrogens is 5. The highest BCUT2D eigenvalue weighted by atomic mass is 19.1. The van der Waals surface area contributed by atoms with Gasteiger partial charge in [0.05, 0.1) is 12.6 Å². The van der Waals surface area contributed by atoms with Crippen LogP contribution in [0.1, 0.15) is 48.4 Å². The van der Waals surface area contributed by atoms with Crippen LogP contribution in [0.2, 0.25) is 0 Å². The second-order valence-electron chi connectivity index (χ2n) is 11.2. The predicted molar refractivity (Wildman–Crippen MR) is 162 cm³/mol. The predicted octanol–water partition coefficient (Wildman–Crippen LogP) is 5.38. The number of halogens is 1. The zero-order valence-electron chi connectivity index (χ0n) is 23.6. The number of fused-ring (bicyclic) bond motifs is 1. The monoisotopic (exact) mass is 572 g/mol. The molecule has 5 heterocycles. The number of anilines is 2. The fourth-order valence-electron chi connectivity index (χ4n) is 6.04. The molecule has 7 rings (SSSR count). The van der Waals surface area contributed by atoms with E-state index in [2.05, 4.69) is 37.0 Å². The number of nitrogen functional groups attached to an aromatic ring is 1. The SMILES string of the molecule is CC#CCN1CC2(CC2)C[C@H]1c1nc(-c2ccc(C(=O)Nc3cc(-c4cccnc4)ccn3)cc2F)c2c(N)nccn12. The summed E-state index contributed by atoms with van der Waals surface area (Å²) >= 11 is 0. The van der Waals surface area contributed by atoms with Crippen LogP contribution in [0.3, 0.4) is 0 Å². The number of benzene rings is 1. The van der Waals surface area contributed by atoms with Gasteiger partial charge in [-0.1, -0.05) is 12.0 Å². The molecule has 0 unspecified atom stereocenters. The first-order chi connectivity index (χ1) is 20.9. The van der Waals surface area contributed by atoms with Gasteiger partial charge in [0.2, 0.25) is 0 Å². The molecule has 3 N–H and O–H groups in total. The fourth-order valence-corrected chi connectivity index (χ4v) is 6.04. The summed E-state index contributed by atoms with van der Waals surface area (Å²) in [5, 5.41) is 2.77. The van der Waals surface area contributed by atoms with Crippen molar-refractivity contribution in [2.75, 3.05) is 24.1 Å². The zero-order valence-corrected chi connectivity index (χ0v) is 23.6. The van der Waals surface area contributed by atoms with E-state index in [1.807, 2.05) is 35.7 Å². The number of carbonyl (C=O) groups is 1. The lowest BCUT2D eigenvalue weighted by atomic mass is 10.0. The summed E-state index contributed by atoms with van der Waals surface area (Å²) in [5.41, 5.74) is 9.74. The Hall–Kier alpha value is -5.14. The van der Waals surface area contributed by atoms with Gasteiger partial charge in [-0.25, -0.2) is 19.3 Å². The molecule has 1 aliphatic heterocycles. The van der Waals surface area contributed by atoms with Crippen LogP contribution < -0.4 is 11.1 Å². The topological polar surface area (TPSA) is 114 Å². The van der Waals surface area contributed by atoms with Gasteiger partial charge in [0.15, 0.2) is 0 Å². The summed E-state index contributed by atoms with van der Waals surface area (Å²) in [6.07, 6.45) is 11.8. The third kappa shape index (κ3) is 4.98. The minimum Gasteiger partial charge on any atom is -0.382 e. The molecule has 2 aliphatic rings. The van der Waals surface area contributed by atoms with Crippen LogP contribution in [0.4, 0.5) is 16.0 Å². The summed E-state index contributed by atoms with van der Waals surface area (Å²) in [6.45, 7) is 3.46. The Morgan fingerprint density at radius 1 is 1.14 bits per heavy atom. The number of carbonyl (C=O) groups excluding carboxylic acids is 1. The van der Waals surface area contributed by atoms with E-state index in [0.717, 1.165) is 29.9 Å². The number of imidazole rings is 1. The van der Waals surface area contributed by atoms with Crippen LogP contribution in [-0.2, 0) is 0 Å². The fraction of sp³-hybridized carbons (Fsp3) is 0.242. The highest BCUT2D eigenvalue weighted by molar-refractivity contribution is 6.04. The Morgan fingerprint density at radius 2 is 2.02 bits per heavy atom. The lowest BCUT2D eigenvalue weighted by Crippen LogP contribution is -2.26. The molecule has 1 amide bonds. The standard InChI is InChI=1S/C33H29FN8O/c1-2-3-14-41-20-33(9-10-33)18-26(41)31-40-28(29-30(35)38-13-15-42(29)31)24-7-6-22(16-25(24)34)32(43)39-27-17-21(8-12-37-27)23-5-4-11-36-19-23/h4-8,11-13,15-17,19,26H,9-10,14,18,20H2,1H3,(H2,35,38)(H,37,39,43)/t26-/m0/s1. The molecule has 1 atom stereocenters. The van der Waals surface area contributed by atoms with E-state index in [1.165, 1.54) is 18.9 Å². The average Bonchev–Trinajstić information content (AvgIpc) is 3.52. The number of amides is 1. The molecule has 1 spiro atoms. The second kappa shape index (κ2) is 10.6. The number of rotatable bonds is 6. The normalized spacial score (nSPS) is 17.1. The third-order valence-electron chi connectivity index (χ3n) is 8.41. The molecule has 4 aromatic heterocycles. The third-order valence-corrected chi connectivity index (χ3v) is 8.41. The molecule has 2 fully saturated rings. The molecule has 9 nitrogen and oxygen atoms in total. The van der Waals surface area contributed by atoms with Crippen LogP contribution in [0.5, 0.6) is 0 Å². The van der Waals surface area contributed by atoms with E-state index in [-0.39, 0.29) is 23.0 Å². The number of pyridine rings is 2. The Bertz CT molecular complexity index is 1920. The highest BCUT2D eigenvalue weighted by Crippen LogP contribution is 2.58. The molecular formula is C33H29FN8O. The largest absolute Gasteiger partial charge is 0.382 e. The van der Waals surface area contributed by atoms with Gasteiger partial charge in [0, 0.05) is 54.2 Å². The summed E-state index contributed by atoms with van der Waals surface area (Å²) in [6, 6.07) is 11.7. The Kier molecular flexibility index (Phi) is 6.59. The molecule has 1 aliphatic carbocycles. The van der Waals surface area contributed by atoms with Gasteiger partial charge < -0.3 is 11.1 Å². The van der Waals surface area contributed by atoms with E-state index < -0.39 is 11.7 Å². The minimum absolute atomic E-state index is 0.0226. The summed E-state index contributed by atoms with van der Waals surface area (Å²) in [5.74, 6) is 6.54. The molecule has 43 heavy (non-hydrogen) atoms. The van der Waals surface area contributed by atoms with Crippen molar-refractivity contribution in [2.24, 2.45) is 5.41 Å². The van der Waals surface area contributed by atoms with Crippen LogP contribution >= 0.6 is 0 Å². The van der Waals surface area contributed by atoms with Gasteiger partial charge in [-0.2, -0.15) is 0 Å². The summed E-state index contributed by atoms with van der Waals surface area (Å²) in [4.78, 5) is 33.1. The van der Waals surface area contributed by atoms with Crippen molar-refractivity contribution in [2.45, 2.75) is 32.2 Å². The number of hydrogen-bond donors (Lipinski definition) is 2. The first kappa shape index (κ1) is 26.7. The smallest absolute Gasteiger partial charge is 0.256 e. The number of nitrogens with zero attached hydrogens (tertiary/aromatic N) is 6. The van der Waals surface area contributed by atoms with Crippen LogP contribution in [0.15, 0.2) is 73.4 Å². The summed E-state index contributed by atoms with van der Waals surface area (Å²) in [7, 11) is 0. The maximum absolute atomic E-state index is 15.8. The number of nitrogens with two attached hydrogens (primary N) is 1. The molecule has 214 valence electrons. The van der Waals surface area contributed by atoms with Crippen LogP contribution in [-0.4, -0.2) is 48.2 Å². The lowest BCUT2D eigenvalue weighted by Gasteiger charge is -2.21. The highest BCUT2D eigenvalue weighted by Gasteiger charge is 2.53. The first-order valence-corrected chi connectivity index (χ1v) is 14.2. The maximum Gasteiger partial charge on any atom is 0.256 e. The van der Waals surface area contributed by atoms with E-state index in [4.69, 9.17) is 10.7 Å². The van der Waals surface area contributed by atoms with E-state index in [0.29, 0.717) is 29.0 Å². The van der Waals surface area contributed by atoms with Gasteiger partial charge in [-0.3, -0.25) is 19.1 Å². The molecular weight excluding hydrogens is 543 g/mol. The average molecular weight is 573 g/mol. The molecule has 0 radical (unpaired) electrons. The van der Waals surface area contributed by atoms with Crippen molar-refractivity contribution in [3.63, 3.8) is 0 Å². The second-order valence-corrected chi connectivity index (χ2v) is 11.2. The number of hydrogen-bond acceptors (Lipinski definition) is 7. The van der Waals surface area contributed by atoms with Crippen molar-refractivity contribution >= 4 is 23.1 Å². The molecule has 1 saturated carbocycles. The zero-order chi connectivity index (χ0) is 29.6. The van der Waals surface area contributed by atoms with E-state index in [1.54, 1.807) is 43.0 Å². The van der Waals surface area contributed by atoms with Gasteiger partial charge >= 0.3 is 0 Å². The van der Waals surface area contributed by atoms with Crippen molar-refractivity contribution < 1.29 is 9.18 Å². The van der Waals surface area contributed by atoms with Crippen LogP contribution in [0, 0.1) is 23.1 Å². The maximum atomic E-state index is 15.8. The Balaban J connectivity index is 1.20. The number of likely N-dealkylation sites (tertiary alicyclic amines) is 1. The van der Waals surface area contributed by atoms with Crippen molar-refractivity contribution in [1.29, 1.82) is 0 Å². The molecule has 5 aromatic rings. The van der Waals surface area contributed by atoms with Crippen molar-refractivity contribution in [3.05, 3.63) is 90.7 Å².